The zero-order valence-electron chi connectivity index (χ0n) is 9.12. The Morgan fingerprint density at radius 2 is 1.86 bits per heavy atom. The van der Waals surface area contributed by atoms with Crippen molar-refractivity contribution in [3.63, 3.8) is 0 Å². The summed E-state index contributed by atoms with van der Waals surface area (Å²) in [4.78, 5) is 13.9. The first kappa shape index (κ1) is 9.97. The van der Waals surface area contributed by atoms with Crippen LogP contribution in [0.3, 0.4) is 0 Å². The molecule has 2 rings (SSSR count). The Morgan fingerprint density at radius 3 is 2.36 bits per heavy atom. The van der Waals surface area contributed by atoms with E-state index in [9.17, 15) is 4.79 Å². The highest BCUT2D eigenvalue weighted by molar-refractivity contribution is 5.78. The Labute approximate surface area is 85.8 Å². The van der Waals surface area contributed by atoms with E-state index in [0.29, 0.717) is 17.7 Å². The van der Waals surface area contributed by atoms with Gasteiger partial charge >= 0.3 is 0 Å². The van der Waals surface area contributed by atoms with Crippen LogP contribution in [0.25, 0.3) is 0 Å². The van der Waals surface area contributed by atoms with Gasteiger partial charge in [0.2, 0.25) is 5.91 Å². The van der Waals surface area contributed by atoms with E-state index in [1.54, 1.807) is 0 Å². The molecule has 14 heavy (non-hydrogen) atoms. The summed E-state index contributed by atoms with van der Waals surface area (Å²) >= 11 is 0. The molecule has 80 valence electrons. The average molecular weight is 196 g/mol. The summed E-state index contributed by atoms with van der Waals surface area (Å²) in [6.45, 7) is 8.12. The molecule has 2 saturated heterocycles. The predicted molar refractivity (Wildman–Crippen MR) is 55.9 cm³/mol. The Balaban J connectivity index is 1.98. The van der Waals surface area contributed by atoms with Gasteiger partial charge in [0.15, 0.2) is 0 Å². The molecule has 3 nitrogen and oxygen atoms in total. The third-order valence-electron chi connectivity index (χ3n) is 3.30. The molecule has 2 fully saturated rings. The highest BCUT2D eigenvalue weighted by Gasteiger charge is 2.32. The first-order chi connectivity index (χ1) is 6.66. The van der Waals surface area contributed by atoms with Crippen molar-refractivity contribution in [2.24, 2.45) is 17.8 Å². The van der Waals surface area contributed by atoms with E-state index >= 15 is 0 Å². The van der Waals surface area contributed by atoms with Crippen LogP contribution in [0.5, 0.6) is 0 Å². The summed E-state index contributed by atoms with van der Waals surface area (Å²) in [5.74, 6) is 1.89. The maximum atomic E-state index is 11.8. The van der Waals surface area contributed by atoms with E-state index in [-0.39, 0.29) is 5.92 Å². The molecule has 0 saturated carbocycles. The zero-order valence-corrected chi connectivity index (χ0v) is 9.12. The van der Waals surface area contributed by atoms with Gasteiger partial charge in [-0.25, -0.2) is 0 Å². The van der Waals surface area contributed by atoms with Crippen LogP contribution < -0.4 is 5.32 Å². The van der Waals surface area contributed by atoms with Gasteiger partial charge in [0.25, 0.3) is 0 Å². The molecule has 2 atom stereocenters. The fourth-order valence-electron chi connectivity index (χ4n) is 2.65. The second-order valence-corrected chi connectivity index (χ2v) is 5.02. The molecule has 2 aliphatic heterocycles. The molecule has 1 N–H and O–H groups in total. The fourth-order valence-corrected chi connectivity index (χ4v) is 2.65. The SMILES string of the molecule is CC(C)C(=O)N1C[C@@H]2CNC[C@@H](C2)C1. The third kappa shape index (κ3) is 1.92. The van der Waals surface area contributed by atoms with Crippen molar-refractivity contribution >= 4 is 5.91 Å². The van der Waals surface area contributed by atoms with Gasteiger partial charge in [-0.15, -0.1) is 0 Å². The number of piperidine rings is 2. The van der Waals surface area contributed by atoms with Gasteiger partial charge in [-0.2, -0.15) is 0 Å². The topological polar surface area (TPSA) is 32.3 Å². The second-order valence-electron chi connectivity index (χ2n) is 5.02. The molecule has 0 aromatic heterocycles. The second kappa shape index (κ2) is 3.89. The lowest BCUT2D eigenvalue weighted by molar-refractivity contribution is -0.137. The zero-order chi connectivity index (χ0) is 10.1. The quantitative estimate of drug-likeness (QED) is 0.670. The number of hydrogen-bond acceptors (Lipinski definition) is 2. The lowest BCUT2D eigenvalue weighted by atomic mass is 9.85. The van der Waals surface area contributed by atoms with Gasteiger partial charge in [-0.1, -0.05) is 13.8 Å². The number of carbonyl (C=O) groups is 1. The number of carbonyl (C=O) groups excluding carboxylic acids is 1. The van der Waals surface area contributed by atoms with Gasteiger partial charge < -0.3 is 10.2 Å². The van der Waals surface area contributed by atoms with Gasteiger partial charge in [0.1, 0.15) is 0 Å². The highest BCUT2D eigenvalue weighted by Crippen LogP contribution is 2.25. The summed E-state index contributed by atoms with van der Waals surface area (Å²) in [7, 11) is 0. The highest BCUT2D eigenvalue weighted by atomic mass is 16.2. The molecule has 0 aliphatic carbocycles. The lowest BCUT2D eigenvalue weighted by Gasteiger charge is -2.42. The van der Waals surface area contributed by atoms with E-state index in [4.69, 9.17) is 0 Å². The molecule has 0 radical (unpaired) electrons. The minimum atomic E-state index is 0.154. The Bertz CT molecular complexity index is 215. The predicted octanol–water partition coefficient (Wildman–Crippen LogP) is 0.710. The van der Waals surface area contributed by atoms with Crippen LogP contribution in [-0.4, -0.2) is 37.0 Å². The fraction of sp³-hybridized carbons (Fsp3) is 0.909. The molecule has 1 amide bonds. The van der Waals surface area contributed by atoms with E-state index in [1.165, 1.54) is 6.42 Å². The first-order valence-corrected chi connectivity index (χ1v) is 5.66. The van der Waals surface area contributed by atoms with Crippen LogP contribution in [0.1, 0.15) is 20.3 Å². The number of rotatable bonds is 1. The summed E-state index contributed by atoms with van der Waals surface area (Å²) < 4.78 is 0. The minimum Gasteiger partial charge on any atom is -0.342 e. The van der Waals surface area contributed by atoms with Crippen LogP contribution in [0.15, 0.2) is 0 Å². The molecule has 2 bridgehead atoms. The molecule has 2 aliphatic rings. The number of likely N-dealkylation sites (tertiary alicyclic amines) is 1. The van der Waals surface area contributed by atoms with E-state index in [0.717, 1.165) is 26.2 Å². The molecule has 0 aromatic rings. The number of nitrogens with zero attached hydrogens (tertiary/aromatic N) is 1. The minimum absolute atomic E-state index is 0.154. The Morgan fingerprint density at radius 1 is 1.29 bits per heavy atom. The molecule has 0 spiro atoms. The summed E-state index contributed by atoms with van der Waals surface area (Å²) in [6, 6.07) is 0. The third-order valence-corrected chi connectivity index (χ3v) is 3.30. The Hall–Kier alpha value is -0.570. The first-order valence-electron chi connectivity index (χ1n) is 5.66. The van der Waals surface area contributed by atoms with Crippen LogP contribution >= 0.6 is 0 Å². The van der Waals surface area contributed by atoms with Crippen LogP contribution in [-0.2, 0) is 4.79 Å². The van der Waals surface area contributed by atoms with Crippen LogP contribution in [0.2, 0.25) is 0 Å². The largest absolute Gasteiger partial charge is 0.342 e. The number of hydrogen-bond donors (Lipinski definition) is 1. The summed E-state index contributed by atoms with van der Waals surface area (Å²) in [6.07, 6.45) is 1.31. The van der Waals surface area contributed by atoms with Crippen molar-refractivity contribution in [1.29, 1.82) is 0 Å². The van der Waals surface area contributed by atoms with Crippen molar-refractivity contribution < 1.29 is 4.79 Å². The van der Waals surface area contributed by atoms with Crippen LogP contribution in [0.4, 0.5) is 0 Å². The number of fused-ring (bicyclic) bond motifs is 2. The van der Waals surface area contributed by atoms with Gasteiger partial charge in [0, 0.05) is 19.0 Å². The number of nitrogens with one attached hydrogen (secondary N) is 1. The summed E-state index contributed by atoms with van der Waals surface area (Å²) in [5, 5.41) is 3.44. The maximum Gasteiger partial charge on any atom is 0.225 e. The molecule has 0 unspecified atom stereocenters. The van der Waals surface area contributed by atoms with Crippen molar-refractivity contribution in [2.75, 3.05) is 26.2 Å². The molecule has 3 heteroatoms. The maximum absolute atomic E-state index is 11.8. The van der Waals surface area contributed by atoms with Crippen molar-refractivity contribution in [1.82, 2.24) is 10.2 Å². The van der Waals surface area contributed by atoms with Crippen LogP contribution in [0, 0.1) is 17.8 Å². The van der Waals surface area contributed by atoms with Gasteiger partial charge in [-0.05, 0) is 31.3 Å². The standard InChI is InChI=1S/C11H20N2O/c1-8(2)11(14)13-6-9-3-10(7-13)5-12-4-9/h8-10,12H,3-7H2,1-2H3/t9-,10+. The monoisotopic (exact) mass is 196 g/mol. The van der Waals surface area contributed by atoms with Crippen molar-refractivity contribution in [3.8, 4) is 0 Å². The molecule has 2 heterocycles. The van der Waals surface area contributed by atoms with E-state index < -0.39 is 0 Å². The average Bonchev–Trinajstić information content (AvgIpc) is 2.15. The Kier molecular flexibility index (Phi) is 2.77. The normalized spacial score (nSPS) is 32.1. The van der Waals surface area contributed by atoms with Crippen molar-refractivity contribution in [3.05, 3.63) is 0 Å². The molecule has 0 aromatic carbocycles. The summed E-state index contributed by atoms with van der Waals surface area (Å²) in [5.41, 5.74) is 0. The van der Waals surface area contributed by atoms with E-state index in [2.05, 4.69) is 10.2 Å². The molecular weight excluding hydrogens is 176 g/mol. The molecular formula is C11H20N2O. The lowest BCUT2D eigenvalue weighted by Crippen LogP contribution is -2.53. The van der Waals surface area contributed by atoms with Gasteiger partial charge in [0.05, 0.1) is 0 Å². The van der Waals surface area contributed by atoms with E-state index in [1.807, 2.05) is 13.8 Å². The van der Waals surface area contributed by atoms with Gasteiger partial charge in [-0.3, -0.25) is 4.79 Å². The smallest absolute Gasteiger partial charge is 0.225 e. The van der Waals surface area contributed by atoms with Crippen molar-refractivity contribution in [2.45, 2.75) is 20.3 Å². The number of amides is 1.